The number of carbonyl (C=O) groups is 2. The first kappa shape index (κ1) is 20.6. The van der Waals surface area contributed by atoms with Crippen LogP contribution in [0.5, 0.6) is 0 Å². The Bertz CT molecular complexity index is 1190. The number of rotatable bonds is 7. The predicted octanol–water partition coefficient (Wildman–Crippen LogP) is 1.58. The van der Waals surface area contributed by atoms with Gasteiger partial charge in [0, 0.05) is 6.07 Å². The Morgan fingerprint density at radius 1 is 1.20 bits per heavy atom. The summed E-state index contributed by atoms with van der Waals surface area (Å²) in [7, 11) is 0. The van der Waals surface area contributed by atoms with Crippen molar-refractivity contribution in [1.82, 2.24) is 15.0 Å². The van der Waals surface area contributed by atoms with Gasteiger partial charge in [-0.3, -0.25) is 24.5 Å². The van der Waals surface area contributed by atoms with Crippen LogP contribution in [0.1, 0.15) is 12.0 Å². The molecule has 1 heterocycles. The van der Waals surface area contributed by atoms with Crippen LogP contribution in [0.2, 0.25) is 0 Å². The summed E-state index contributed by atoms with van der Waals surface area (Å²) in [5.41, 5.74) is 0.480. The second kappa shape index (κ2) is 8.90. The lowest BCUT2D eigenvalue weighted by molar-refractivity contribution is -0.385. The maximum absolute atomic E-state index is 12.3. The van der Waals surface area contributed by atoms with Gasteiger partial charge in [-0.2, -0.15) is 0 Å². The number of hydrogen-bond donors (Lipinski definition) is 1. The average Bonchev–Trinajstić information content (AvgIpc) is 2.73. The lowest BCUT2D eigenvalue weighted by Crippen LogP contribution is -2.26. The molecular formula is C19H17N5O6. The third kappa shape index (κ3) is 4.63. The van der Waals surface area contributed by atoms with E-state index in [1.54, 1.807) is 24.3 Å². The van der Waals surface area contributed by atoms with Crippen molar-refractivity contribution in [3.63, 3.8) is 0 Å². The van der Waals surface area contributed by atoms with Gasteiger partial charge in [0.15, 0.2) is 6.61 Å². The Morgan fingerprint density at radius 2 is 1.97 bits per heavy atom. The average molecular weight is 411 g/mol. The summed E-state index contributed by atoms with van der Waals surface area (Å²) >= 11 is 0. The van der Waals surface area contributed by atoms with E-state index >= 15 is 0 Å². The number of ether oxygens (including phenoxy) is 1. The molecule has 154 valence electrons. The molecule has 0 unspecified atom stereocenters. The van der Waals surface area contributed by atoms with Crippen LogP contribution < -0.4 is 10.9 Å². The summed E-state index contributed by atoms with van der Waals surface area (Å²) in [6.07, 6.45) is -0.184. The minimum absolute atomic E-state index is 0.0545. The number of anilines is 1. The number of carbonyl (C=O) groups excluding carboxylic acids is 2. The van der Waals surface area contributed by atoms with Crippen LogP contribution in [-0.2, 0) is 20.9 Å². The van der Waals surface area contributed by atoms with Crippen molar-refractivity contribution in [3.05, 3.63) is 68.5 Å². The van der Waals surface area contributed by atoms with Gasteiger partial charge in [-0.05, 0) is 25.1 Å². The van der Waals surface area contributed by atoms with Gasteiger partial charge in [0.1, 0.15) is 5.52 Å². The van der Waals surface area contributed by atoms with E-state index in [9.17, 15) is 24.5 Å². The maximum atomic E-state index is 12.3. The molecule has 0 radical (unpaired) electrons. The smallest absolute Gasteiger partial charge is 0.308 e. The number of nitro groups is 1. The fourth-order valence-electron chi connectivity index (χ4n) is 2.73. The molecule has 0 aliphatic carbocycles. The minimum Gasteiger partial charge on any atom is -0.456 e. The molecule has 1 amide bonds. The Kier molecular flexibility index (Phi) is 6.11. The first-order chi connectivity index (χ1) is 14.4. The normalized spacial score (nSPS) is 10.6. The zero-order valence-corrected chi connectivity index (χ0v) is 15.9. The minimum atomic E-state index is -0.706. The van der Waals surface area contributed by atoms with E-state index in [-0.39, 0.29) is 35.5 Å². The van der Waals surface area contributed by atoms with Gasteiger partial charge in [-0.15, -0.1) is 5.10 Å². The Labute approximate surface area is 169 Å². The second-order valence-electron chi connectivity index (χ2n) is 6.30. The number of nitrogens with one attached hydrogen (secondary N) is 1. The van der Waals surface area contributed by atoms with Crippen molar-refractivity contribution >= 4 is 34.2 Å². The SMILES string of the molecule is Cc1c(NC(=O)COC(=O)CCn2nnc3ccccc3c2=O)cccc1[N+](=O)[O-]. The largest absolute Gasteiger partial charge is 0.456 e. The van der Waals surface area contributed by atoms with E-state index in [1.807, 2.05) is 0 Å². The third-order valence-electron chi connectivity index (χ3n) is 4.30. The predicted molar refractivity (Wildman–Crippen MR) is 106 cm³/mol. The third-order valence-corrected chi connectivity index (χ3v) is 4.30. The molecular weight excluding hydrogens is 394 g/mol. The van der Waals surface area contributed by atoms with E-state index in [0.717, 1.165) is 4.68 Å². The summed E-state index contributed by atoms with van der Waals surface area (Å²) in [6, 6.07) is 11.0. The molecule has 1 N–H and O–H groups in total. The van der Waals surface area contributed by atoms with E-state index in [4.69, 9.17) is 4.74 Å². The van der Waals surface area contributed by atoms with E-state index < -0.39 is 23.4 Å². The van der Waals surface area contributed by atoms with Crippen molar-refractivity contribution in [2.45, 2.75) is 19.9 Å². The zero-order valence-electron chi connectivity index (χ0n) is 15.9. The topological polar surface area (TPSA) is 146 Å². The number of hydrogen-bond acceptors (Lipinski definition) is 8. The Balaban J connectivity index is 1.53. The Morgan fingerprint density at radius 3 is 2.73 bits per heavy atom. The highest BCUT2D eigenvalue weighted by molar-refractivity contribution is 5.94. The van der Waals surface area contributed by atoms with Crippen LogP contribution in [0.25, 0.3) is 10.9 Å². The van der Waals surface area contributed by atoms with Crippen molar-refractivity contribution in [2.75, 3.05) is 11.9 Å². The molecule has 3 rings (SSSR count). The van der Waals surface area contributed by atoms with Gasteiger partial charge in [0.05, 0.1) is 34.5 Å². The highest BCUT2D eigenvalue weighted by Gasteiger charge is 2.16. The number of fused-ring (bicyclic) bond motifs is 1. The van der Waals surface area contributed by atoms with Gasteiger partial charge >= 0.3 is 5.97 Å². The number of benzene rings is 2. The molecule has 0 fully saturated rings. The van der Waals surface area contributed by atoms with Crippen LogP contribution in [0.3, 0.4) is 0 Å². The van der Waals surface area contributed by atoms with Crippen molar-refractivity contribution in [3.8, 4) is 0 Å². The molecule has 0 atom stereocenters. The van der Waals surface area contributed by atoms with Gasteiger partial charge in [-0.25, -0.2) is 4.68 Å². The molecule has 0 aliphatic rings. The molecule has 11 nitrogen and oxygen atoms in total. The molecule has 2 aromatic carbocycles. The van der Waals surface area contributed by atoms with Gasteiger partial charge in [0.25, 0.3) is 17.2 Å². The monoisotopic (exact) mass is 411 g/mol. The van der Waals surface area contributed by atoms with Crippen LogP contribution in [0, 0.1) is 17.0 Å². The van der Waals surface area contributed by atoms with E-state index in [0.29, 0.717) is 10.9 Å². The fourth-order valence-corrected chi connectivity index (χ4v) is 2.73. The van der Waals surface area contributed by atoms with Gasteiger partial charge in [0.2, 0.25) is 0 Å². The molecule has 0 saturated carbocycles. The first-order valence-electron chi connectivity index (χ1n) is 8.89. The molecule has 1 aromatic heterocycles. The highest BCUT2D eigenvalue weighted by Crippen LogP contribution is 2.24. The number of nitro benzene ring substituents is 1. The maximum Gasteiger partial charge on any atom is 0.308 e. The zero-order chi connectivity index (χ0) is 21.7. The van der Waals surface area contributed by atoms with Crippen molar-refractivity contribution < 1.29 is 19.2 Å². The van der Waals surface area contributed by atoms with Crippen molar-refractivity contribution in [1.29, 1.82) is 0 Å². The summed E-state index contributed by atoms with van der Waals surface area (Å²) < 4.78 is 5.95. The van der Waals surface area contributed by atoms with Gasteiger partial charge < -0.3 is 10.1 Å². The highest BCUT2D eigenvalue weighted by atomic mass is 16.6. The Hall–Kier alpha value is -4.15. The molecule has 11 heteroatoms. The lowest BCUT2D eigenvalue weighted by Gasteiger charge is -2.09. The quantitative estimate of drug-likeness (QED) is 0.350. The fraction of sp³-hybridized carbons (Fsp3) is 0.211. The van der Waals surface area contributed by atoms with Crippen LogP contribution in [0.15, 0.2) is 47.3 Å². The summed E-state index contributed by atoms with van der Waals surface area (Å²) in [4.78, 5) is 46.6. The lowest BCUT2D eigenvalue weighted by atomic mass is 10.1. The second-order valence-corrected chi connectivity index (χ2v) is 6.30. The van der Waals surface area contributed by atoms with E-state index in [1.165, 1.54) is 25.1 Å². The molecule has 0 spiro atoms. The molecule has 30 heavy (non-hydrogen) atoms. The summed E-state index contributed by atoms with van der Waals surface area (Å²) in [5, 5.41) is 21.5. The standard InChI is InChI=1S/C19H17N5O6/c1-12-14(7-4-8-16(12)24(28)29)20-17(25)11-30-18(26)9-10-23-19(27)13-5-2-3-6-15(13)21-22-23/h2-8H,9-11H2,1H3,(H,20,25). The summed E-state index contributed by atoms with van der Waals surface area (Å²) in [5.74, 6) is -1.35. The molecule has 0 aliphatic heterocycles. The van der Waals surface area contributed by atoms with Gasteiger partial charge in [-0.1, -0.05) is 23.4 Å². The number of amides is 1. The van der Waals surface area contributed by atoms with Crippen molar-refractivity contribution in [2.24, 2.45) is 0 Å². The molecule has 0 saturated heterocycles. The van der Waals surface area contributed by atoms with Crippen LogP contribution >= 0.6 is 0 Å². The number of nitrogens with zero attached hydrogens (tertiary/aromatic N) is 4. The van der Waals surface area contributed by atoms with Crippen LogP contribution in [0.4, 0.5) is 11.4 Å². The summed E-state index contributed by atoms with van der Waals surface area (Å²) in [6.45, 7) is 0.877. The number of aryl methyl sites for hydroxylation is 1. The first-order valence-corrected chi connectivity index (χ1v) is 8.89. The number of esters is 1. The van der Waals surface area contributed by atoms with E-state index in [2.05, 4.69) is 15.6 Å². The number of aromatic nitrogens is 3. The molecule has 3 aromatic rings. The molecule has 0 bridgehead atoms. The van der Waals surface area contributed by atoms with Crippen LogP contribution in [-0.4, -0.2) is 38.4 Å².